The third-order valence-electron chi connectivity index (χ3n) is 3.24. The van der Waals surface area contributed by atoms with Crippen LogP contribution in [0.15, 0.2) is 42.5 Å². The number of nitrogens with one attached hydrogen (secondary N) is 1. The smallest absolute Gasteiger partial charge is 0.182 e. The van der Waals surface area contributed by atoms with E-state index in [1.54, 1.807) is 6.07 Å². The lowest BCUT2D eigenvalue weighted by Gasteiger charge is -2.06. The van der Waals surface area contributed by atoms with Gasteiger partial charge in [0.05, 0.1) is 5.52 Å². The molecule has 2 aromatic carbocycles. The predicted octanol–water partition coefficient (Wildman–Crippen LogP) is 4.39. The molecule has 0 aliphatic heterocycles. The van der Waals surface area contributed by atoms with E-state index in [1.807, 2.05) is 22.8 Å². The van der Waals surface area contributed by atoms with Gasteiger partial charge in [-0.25, -0.2) is 4.39 Å². The highest BCUT2D eigenvalue weighted by atomic mass is 32.1. The topological polar surface area (TPSA) is 20.7 Å². The molecule has 0 aliphatic carbocycles. The van der Waals surface area contributed by atoms with Crippen molar-refractivity contribution in [2.24, 2.45) is 0 Å². The minimum atomic E-state index is -0.283. The van der Waals surface area contributed by atoms with Gasteiger partial charge in [0, 0.05) is 5.69 Å². The Morgan fingerprint density at radius 2 is 2.00 bits per heavy atom. The van der Waals surface area contributed by atoms with Gasteiger partial charge in [-0.3, -0.25) is 4.57 Å². The van der Waals surface area contributed by atoms with Crippen LogP contribution >= 0.6 is 12.2 Å². The van der Waals surface area contributed by atoms with Gasteiger partial charge in [0.1, 0.15) is 11.3 Å². The fourth-order valence-corrected chi connectivity index (χ4v) is 2.57. The zero-order chi connectivity index (χ0) is 13.4. The fourth-order valence-electron chi connectivity index (χ4n) is 2.27. The van der Waals surface area contributed by atoms with Crippen LogP contribution in [0.3, 0.4) is 0 Å². The SMILES string of the molecule is CCc1cccc(-n2c(=S)[nH]c3c(F)cccc32)c1. The first kappa shape index (κ1) is 12.1. The maximum Gasteiger partial charge on any atom is 0.182 e. The second kappa shape index (κ2) is 4.63. The number of imidazole rings is 1. The zero-order valence-corrected chi connectivity index (χ0v) is 11.3. The van der Waals surface area contributed by atoms with Crippen LogP contribution in [0, 0.1) is 10.6 Å². The van der Waals surface area contributed by atoms with Crippen LogP contribution in [0.4, 0.5) is 4.39 Å². The molecule has 0 unspecified atom stereocenters. The summed E-state index contributed by atoms with van der Waals surface area (Å²) in [7, 11) is 0. The van der Waals surface area contributed by atoms with Crippen molar-refractivity contribution < 1.29 is 4.39 Å². The van der Waals surface area contributed by atoms with Gasteiger partial charge in [0.2, 0.25) is 0 Å². The second-order valence-electron chi connectivity index (χ2n) is 4.42. The van der Waals surface area contributed by atoms with E-state index in [0.717, 1.165) is 17.6 Å². The van der Waals surface area contributed by atoms with Crippen molar-refractivity contribution in [2.75, 3.05) is 0 Å². The van der Waals surface area contributed by atoms with Crippen LogP contribution in [-0.2, 0) is 6.42 Å². The van der Waals surface area contributed by atoms with E-state index in [1.165, 1.54) is 11.6 Å². The van der Waals surface area contributed by atoms with Gasteiger partial charge in [-0.15, -0.1) is 0 Å². The number of benzene rings is 2. The summed E-state index contributed by atoms with van der Waals surface area (Å²) in [4.78, 5) is 2.93. The summed E-state index contributed by atoms with van der Waals surface area (Å²) >= 11 is 5.31. The third-order valence-corrected chi connectivity index (χ3v) is 3.53. The number of hydrogen-bond donors (Lipinski definition) is 1. The Morgan fingerprint density at radius 3 is 2.79 bits per heavy atom. The number of aryl methyl sites for hydroxylation is 1. The quantitative estimate of drug-likeness (QED) is 0.686. The molecule has 4 heteroatoms. The van der Waals surface area contributed by atoms with E-state index >= 15 is 0 Å². The van der Waals surface area contributed by atoms with Crippen LogP contribution < -0.4 is 0 Å². The third kappa shape index (κ3) is 1.98. The monoisotopic (exact) mass is 272 g/mol. The molecule has 1 heterocycles. The Hall–Kier alpha value is -1.94. The molecule has 0 spiro atoms. The van der Waals surface area contributed by atoms with Crippen molar-refractivity contribution in [3.05, 3.63) is 58.6 Å². The first-order valence-corrected chi connectivity index (χ1v) is 6.60. The number of fused-ring (bicyclic) bond motifs is 1. The zero-order valence-electron chi connectivity index (χ0n) is 10.5. The molecule has 0 radical (unpaired) electrons. The number of H-pyrrole nitrogens is 1. The predicted molar refractivity (Wildman–Crippen MR) is 77.8 cm³/mol. The average molecular weight is 272 g/mol. The number of nitrogens with zero attached hydrogens (tertiary/aromatic N) is 1. The molecule has 0 atom stereocenters. The molecule has 0 saturated carbocycles. The Labute approximate surface area is 115 Å². The van der Waals surface area contributed by atoms with Gasteiger partial charge in [-0.2, -0.15) is 0 Å². The first-order chi connectivity index (χ1) is 9.20. The summed E-state index contributed by atoms with van der Waals surface area (Å²) in [5.74, 6) is -0.283. The van der Waals surface area contributed by atoms with Crippen LogP contribution in [0.25, 0.3) is 16.7 Å². The van der Waals surface area contributed by atoms with Gasteiger partial charge >= 0.3 is 0 Å². The molecule has 0 aliphatic rings. The van der Waals surface area contributed by atoms with Crippen molar-refractivity contribution in [3.63, 3.8) is 0 Å². The fraction of sp³-hybridized carbons (Fsp3) is 0.133. The lowest BCUT2D eigenvalue weighted by Crippen LogP contribution is -1.95. The maximum atomic E-state index is 13.7. The highest BCUT2D eigenvalue weighted by Crippen LogP contribution is 2.22. The summed E-state index contributed by atoms with van der Waals surface area (Å²) in [6.45, 7) is 2.10. The first-order valence-electron chi connectivity index (χ1n) is 6.19. The Bertz CT molecular complexity index is 801. The van der Waals surface area contributed by atoms with Crippen molar-refractivity contribution >= 4 is 23.3 Å². The van der Waals surface area contributed by atoms with E-state index in [-0.39, 0.29) is 5.82 Å². The Balaban J connectivity index is 2.33. The molecule has 0 saturated heterocycles. The van der Waals surface area contributed by atoms with Gasteiger partial charge in [0.15, 0.2) is 4.77 Å². The van der Waals surface area contributed by atoms with Crippen LogP contribution in [0.5, 0.6) is 0 Å². The van der Waals surface area contributed by atoms with Gasteiger partial charge in [-0.05, 0) is 48.5 Å². The van der Waals surface area contributed by atoms with E-state index < -0.39 is 0 Å². The molecule has 96 valence electrons. The number of aromatic nitrogens is 2. The summed E-state index contributed by atoms with van der Waals surface area (Å²) in [5, 5.41) is 0. The summed E-state index contributed by atoms with van der Waals surface area (Å²) in [5.41, 5.74) is 3.40. The van der Waals surface area contributed by atoms with Crippen LogP contribution in [-0.4, -0.2) is 9.55 Å². The molecule has 0 amide bonds. The molecule has 1 N–H and O–H groups in total. The Morgan fingerprint density at radius 1 is 1.21 bits per heavy atom. The average Bonchev–Trinajstić information content (AvgIpc) is 2.77. The van der Waals surface area contributed by atoms with Crippen LogP contribution in [0.1, 0.15) is 12.5 Å². The highest BCUT2D eigenvalue weighted by molar-refractivity contribution is 7.71. The van der Waals surface area contributed by atoms with Crippen molar-refractivity contribution in [3.8, 4) is 5.69 Å². The molecule has 0 fully saturated rings. The van der Waals surface area contributed by atoms with E-state index in [4.69, 9.17) is 12.2 Å². The van der Waals surface area contributed by atoms with Gasteiger partial charge in [-0.1, -0.05) is 25.1 Å². The molecular weight excluding hydrogens is 259 g/mol. The van der Waals surface area contributed by atoms with E-state index in [0.29, 0.717) is 10.3 Å². The van der Waals surface area contributed by atoms with Gasteiger partial charge < -0.3 is 4.98 Å². The van der Waals surface area contributed by atoms with Crippen molar-refractivity contribution in [1.29, 1.82) is 0 Å². The number of rotatable bonds is 2. The number of aromatic amines is 1. The van der Waals surface area contributed by atoms with Crippen molar-refractivity contribution in [1.82, 2.24) is 9.55 Å². The van der Waals surface area contributed by atoms with E-state index in [2.05, 4.69) is 24.0 Å². The lowest BCUT2D eigenvalue weighted by atomic mass is 10.1. The largest absolute Gasteiger partial charge is 0.328 e. The summed E-state index contributed by atoms with van der Waals surface area (Å²) < 4.78 is 16.1. The minimum absolute atomic E-state index is 0.283. The van der Waals surface area contributed by atoms with Crippen molar-refractivity contribution in [2.45, 2.75) is 13.3 Å². The molecule has 2 nitrogen and oxygen atoms in total. The summed E-state index contributed by atoms with van der Waals surface area (Å²) in [6.07, 6.45) is 0.956. The minimum Gasteiger partial charge on any atom is -0.328 e. The molecule has 1 aromatic heterocycles. The standard InChI is InChI=1S/C15H13FN2S/c1-2-10-5-3-6-11(9-10)18-13-8-4-7-12(16)14(13)17-15(18)19/h3-9H,2H2,1H3,(H,17,19). The van der Waals surface area contributed by atoms with Gasteiger partial charge in [0.25, 0.3) is 0 Å². The van der Waals surface area contributed by atoms with Crippen LogP contribution in [0.2, 0.25) is 0 Å². The normalized spacial score (nSPS) is 11.1. The number of hydrogen-bond acceptors (Lipinski definition) is 1. The maximum absolute atomic E-state index is 13.7. The van der Waals surface area contributed by atoms with E-state index in [9.17, 15) is 4.39 Å². The number of halogens is 1. The summed E-state index contributed by atoms with van der Waals surface area (Å²) in [6, 6.07) is 13.1. The molecule has 19 heavy (non-hydrogen) atoms. The second-order valence-corrected chi connectivity index (χ2v) is 4.81. The Kier molecular flexibility index (Phi) is 2.95. The molecule has 3 rings (SSSR count). The molecular formula is C15H13FN2S. The lowest BCUT2D eigenvalue weighted by molar-refractivity contribution is 0.637. The highest BCUT2D eigenvalue weighted by Gasteiger charge is 2.09. The molecule has 3 aromatic rings. The number of para-hydroxylation sites is 1. The molecule has 0 bridgehead atoms.